The first-order valence-electron chi connectivity index (χ1n) is 6.50. The molecule has 1 saturated carbocycles. The number of methoxy groups -OCH3 is 1. The minimum Gasteiger partial charge on any atom is -0.484 e. The van der Waals surface area contributed by atoms with Gasteiger partial charge in [0.2, 0.25) is 0 Å². The van der Waals surface area contributed by atoms with Crippen LogP contribution in [0.4, 0.5) is 0 Å². The van der Waals surface area contributed by atoms with Crippen molar-refractivity contribution in [3.63, 3.8) is 0 Å². The molecule has 0 aliphatic heterocycles. The van der Waals surface area contributed by atoms with Gasteiger partial charge in [-0.2, -0.15) is 5.10 Å². The maximum atomic E-state index is 9.73. The van der Waals surface area contributed by atoms with E-state index in [1.165, 1.54) is 0 Å². The van der Waals surface area contributed by atoms with Crippen LogP contribution in [-0.2, 0) is 16.5 Å². The molecule has 2 rings (SSSR count). The average molecular weight is 270 g/mol. The van der Waals surface area contributed by atoms with Crippen molar-refractivity contribution in [1.29, 1.82) is 0 Å². The molecule has 1 fully saturated rings. The van der Waals surface area contributed by atoms with Crippen LogP contribution in [-0.4, -0.2) is 53.5 Å². The van der Waals surface area contributed by atoms with Crippen LogP contribution >= 0.6 is 0 Å². The highest BCUT2D eigenvalue weighted by Crippen LogP contribution is 2.32. The molecule has 0 saturated heterocycles. The number of ether oxygens (including phenoxy) is 3. The molecular weight excluding hydrogens is 248 g/mol. The predicted molar refractivity (Wildman–Crippen MR) is 69.3 cm³/mol. The average Bonchev–Trinajstić information content (AvgIpc) is 2.60. The second kappa shape index (κ2) is 5.90. The fourth-order valence-electron chi connectivity index (χ4n) is 2.24. The van der Waals surface area contributed by atoms with Crippen LogP contribution in [0.15, 0.2) is 0 Å². The monoisotopic (exact) mass is 270 g/mol. The Bertz CT molecular complexity index is 433. The largest absolute Gasteiger partial charge is 0.484 e. The summed E-state index contributed by atoms with van der Waals surface area (Å²) in [7, 11) is 3.51. The molecule has 19 heavy (non-hydrogen) atoms. The molecule has 0 amide bonds. The van der Waals surface area contributed by atoms with E-state index < -0.39 is 6.10 Å². The normalized spacial score (nSPS) is 26.3. The molecule has 1 heterocycles. The van der Waals surface area contributed by atoms with E-state index in [4.69, 9.17) is 14.2 Å². The molecule has 108 valence electrons. The smallest absolute Gasteiger partial charge is 0.163 e. The molecule has 6 nitrogen and oxygen atoms in total. The lowest BCUT2D eigenvalue weighted by Gasteiger charge is -2.40. The van der Waals surface area contributed by atoms with Crippen LogP contribution < -0.4 is 4.74 Å². The van der Waals surface area contributed by atoms with Crippen molar-refractivity contribution in [3.05, 3.63) is 11.4 Å². The quantitative estimate of drug-likeness (QED) is 0.766. The summed E-state index contributed by atoms with van der Waals surface area (Å²) < 4.78 is 18.2. The van der Waals surface area contributed by atoms with E-state index in [-0.39, 0.29) is 12.2 Å². The molecule has 3 unspecified atom stereocenters. The number of rotatable bonds is 6. The van der Waals surface area contributed by atoms with Crippen molar-refractivity contribution in [3.8, 4) is 5.75 Å². The first kappa shape index (κ1) is 14.3. The van der Waals surface area contributed by atoms with Crippen molar-refractivity contribution in [2.24, 2.45) is 7.05 Å². The molecule has 1 N–H and O–H groups in total. The maximum absolute atomic E-state index is 9.73. The summed E-state index contributed by atoms with van der Waals surface area (Å²) in [6.07, 6.45) is -0.271. The Labute approximate surface area is 113 Å². The second-order valence-electron chi connectivity index (χ2n) is 4.91. The Kier molecular flexibility index (Phi) is 4.44. The molecule has 3 atom stereocenters. The van der Waals surface area contributed by atoms with Gasteiger partial charge in [-0.15, -0.1) is 0 Å². The van der Waals surface area contributed by atoms with Gasteiger partial charge in [-0.05, 0) is 13.8 Å². The summed E-state index contributed by atoms with van der Waals surface area (Å²) in [5.41, 5.74) is 1.84. The molecule has 1 aromatic heterocycles. The van der Waals surface area contributed by atoms with Crippen LogP contribution in [0.3, 0.4) is 0 Å². The Morgan fingerprint density at radius 3 is 2.63 bits per heavy atom. The zero-order chi connectivity index (χ0) is 14.0. The lowest BCUT2D eigenvalue weighted by atomic mass is 9.88. The molecule has 1 aromatic rings. The Hall–Kier alpha value is -1.11. The van der Waals surface area contributed by atoms with Gasteiger partial charge in [0.15, 0.2) is 5.75 Å². The first-order valence-corrected chi connectivity index (χ1v) is 6.50. The molecule has 1 aliphatic rings. The summed E-state index contributed by atoms with van der Waals surface area (Å²) in [5, 5.41) is 14.0. The molecule has 0 bridgehead atoms. The van der Waals surface area contributed by atoms with E-state index >= 15 is 0 Å². The van der Waals surface area contributed by atoms with Crippen molar-refractivity contribution in [2.45, 2.75) is 38.6 Å². The third-order valence-electron chi connectivity index (χ3n) is 3.53. The molecule has 0 aromatic carbocycles. The third-order valence-corrected chi connectivity index (χ3v) is 3.53. The van der Waals surface area contributed by atoms with Gasteiger partial charge >= 0.3 is 0 Å². The minimum atomic E-state index is -0.459. The van der Waals surface area contributed by atoms with E-state index in [0.29, 0.717) is 19.6 Å². The third kappa shape index (κ3) is 2.91. The Morgan fingerprint density at radius 1 is 1.37 bits per heavy atom. The van der Waals surface area contributed by atoms with Crippen LogP contribution in [0.5, 0.6) is 5.75 Å². The van der Waals surface area contributed by atoms with Gasteiger partial charge in [0.25, 0.3) is 0 Å². The van der Waals surface area contributed by atoms with Gasteiger partial charge in [0.05, 0.1) is 25.0 Å². The number of hydrogen-bond donors (Lipinski definition) is 1. The Morgan fingerprint density at radius 2 is 2.11 bits per heavy atom. The lowest BCUT2D eigenvalue weighted by Crippen LogP contribution is -2.55. The highest BCUT2D eigenvalue weighted by molar-refractivity contribution is 5.32. The summed E-state index contributed by atoms with van der Waals surface area (Å²) in [6, 6.07) is 0. The highest BCUT2D eigenvalue weighted by atomic mass is 16.6. The first-order chi connectivity index (χ1) is 9.04. The number of aliphatic hydroxyl groups excluding tert-OH is 1. The molecule has 0 radical (unpaired) electrons. The number of nitrogens with zero attached hydrogens (tertiary/aromatic N) is 2. The summed E-state index contributed by atoms with van der Waals surface area (Å²) in [4.78, 5) is 0. The summed E-state index contributed by atoms with van der Waals surface area (Å²) >= 11 is 0. The number of aromatic nitrogens is 2. The van der Waals surface area contributed by atoms with Crippen molar-refractivity contribution in [1.82, 2.24) is 9.78 Å². The highest BCUT2D eigenvalue weighted by Gasteiger charge is 2.43. The van der Waals surface area contributed by atoms with Gasteiger partial charge in [-0.25, -0.2) is 0 Å². The van der Waals surface area contributed by atoms with E-state index in [9.17, 15) is 5.11 Å². The van der Waals surface area contributed by atoms with E-state index in [2.05, 4.69) is 5.10 Å². The lowest BCUT2D eigenvalue weighted by molar-refractivity contribution is -0.167. The SMILES string of the molecule is COCCOC1C(O)CC1Oc1c(C)nn(C)c1C. The maximum Gasteiger partial charge on any atom is 0.163 e. The fourth-order valence-corrected chi connectivity index (χ4v) is 2.24. The second-order valence-corrected chi connectivity index (χ2v) is 4.91. The number of aliphatic hydroxyl groups is 1. The molecule has 6 heteroatoms. The van der Waals surface area contributed by atoms with Gasteiger partial charge < -0.3 is 19.3 Å². The van der Waals surface area contributed by atoms with Gasteiger partial charge in [-0.1, -0.05) is 0 Å². The minimum absolute atomic E-state index is 0.117. The van der Waals surface area contributed by atoms with Crippen LogP contribution in [0.2, 0.25) is 0 Å². The zero-order valence-corrected chi connectivity index (χ0v) is 11.9. The molecule has 0 spiro atoms. The van der Waals surface area contributed by atoms with Crippen LogP contribution in [0.1, 0.15) is 17.8 Å². The number of hydrogen-bond acceptors (Lipinski definition) is 5. The topological polar surface area (TPSA) is 65.7 Å². The van der Waals surface area contributed by atoms with Crippen molar-refractivity contribution in [2.75, 3.05) is 20.3 Å². The van der Waals surface area contributed by atoms with E-state index in [1.54, 1.807) is 11.8 Å². The zero-order valence-electron chi connectivity index (χ0n) is 11.9. The standard InChI is InChI=1S/C13H22N2O4/c1-8-12(9(2)15(3)14-8)19-11-7-10(16)13(11)18-6-5-17-4/h10-11,13,16H,5-7H2,1-4H3. The molecule has 1 aliphatic carbocycles. The van der Waals surface area contributed by atoms with Gasteiger partial charge in [0.1, 0.15) is 17.9 Å². The summed E-state index contributed by atoms with van der Waals surface area (Å²) in [5.74, 6) is 0.791. The van der Waals surface area contributed by atoms with E-state index in [1.807, 2.05) is 20.9 Å². The van der Waals surface area contributed by atoms with Gasteiger partial charge in [0, 0.05) is 20.6 Å². The van der Waals surface area contributed by atoms with Crippen molar-refractivity contribution < 1.29 is 19.3 Å². The summed E-state index contributed by atoms with van der Waals surface area (Å²) in [6.45, 7) is 4.85. The number of aryl methyl sites for hydroxylation is 2. The van der Waals surface area contributed by atoms with E-state index in [0.717, 1.165) is 17.1 Å². The molecular formula is C13H22N2O4. The van der Waals surface area contributed by atoms with Crippen molar-refractivity contribution >= 4 is 0 Å². The van der Waals surface area contributed by atoms with Gasteiger partial charge in [-0.3, -0.25) is 4.68 Å². The predicted octanol–water partition coefficient (Wildman–Crippen LogP) is 0.581. The Balaban J connectivity index is 1.95. The van der Waals surface area contributed by atoms with Crippen LogP contribution in [0.25, 0.3) is 0 Å². The fraction of sp³-hybridized carbons (Fsp3) is 0.769. The van der Waals surface area contributed by atoms with Crippen LogP contribution in [0, 0.1) is 13.8 Å².